The van der Waals surface area contributed by atoms with Crippen molar-refractivity contribution in [1.82, 2.24) is 5.16 Å². The van der Waals surface area contributed by atoms with Crippen LogP contribution in [0.4, 0.5) is 5.88 Å². The lowest BCUT2D eigenvalue weighted by Gasteiger charge is -2.05. The largest absolute Gasteiger partial charge is 0.494 e. The summed E-state index contributed by atoms with van der Waals surface area (Å²) in [7, 11) is 0. The first-order valence-corrected chi connectivity index (χ1v) is 7.82. The predicted octanol–water partition coefficient (Wildman–Crippen LogP) is 4.38. The third-order valence-corrected chi connectivity index (χ3v) is 3.41. The van der Waals surface area contributed by atoms with Crippen molar-refractivity contribution in [2.75, 3.05) is 11.9 Å². The van der Waals surface area contributed by atoms with Crippen LogP contribution in [0, 0.1) is 0 Å². The molecular formula is C19H18N2O3. The Morgan fingerprint density at radius 1 is 1.12 bits per heavy atom. The van der Waals surface area contributed by atoms with Crippen LogP contribution in [0.1, 0.15) is 23.7 Å². The maximum absolute atomic E-state index is 12.2. The van der Waals surface area contributed by atoms with E-state index in [1.165, 1.54) is 0 Å². The summed E-state index contributed by atoms with van der Waals surface area (Å²) in [6, 6.07) is 18.3. The number of ether oxygens (including phenoxy) is 1. The zero-order valence-corrected chi connectivity index (χ0v) is 13.4. The Balaban J connectivity index is 1.66. The first-order chi connectivity index (χ1) is 11.8. The highest BCUT2D eigenvalue weighted by Gasteiger charge is 2.11. The second-order valence-electron chi connectivity index (χ2n) is 5.27. The van der Waals surface area contributed by atoms with Gasteiger partial charge in [0, 0.05) is 17.2 Å². The minimum atomic E-state index is -0.257. The summed E-state index contributed by atoms with van der Waals surface area (Å²) in [6.45, 7) is 2.70. The second kappa shape index (κ2) is 7.46. The van der Waals surface area contributed by atoms with Crippen molar-refractivity contribution < 1.29 is 14.1 Å². The number of anilines is 1. The van der Waals surface area contributed by atoms with Crippen molar-refractivity contribution in [3.63, 3.8) is 0 Å². The van der Waals surface area contributed by atoms with E-state index in [0.717, 1.165) is 17.7 Å². The number of rotatable bonds is 6. The molecule has 3 aromatic rings. The van der Waals surface area contributed by atoms with E-state index in [1.807, 2.05) is 37.3 Å². The highest BCUT2D eigenvalue weighted by atomic mass is 16.5. The number of nitrogens with one attached hydrogen (secondary N) is 1. The van der Waals surface area contributed by atoms with Crippen LogP contribution in [0.25, 0.3) is 11.3 Å². The molecule has 5 nitrogen and oxygen atoms in total. The topological polar surface area (TPSA) is 64.4 Å². The van der Waals surface area contributed by atoms with Crippen LogP contribution in [0.3, 0.4) is 0 Å². The lowest BCUT2D eigenvalue weighted by Crippen LogP contribution is -2.11. The van der Waals surface area contributed by atoms with Crippen LogP contribution in [0.15, 0.2) is 65.2 Å². The highest BCUT2D eigenvalue weighted by molar-refractivity contribution is 6.03. The second-order valence-corrected chi connectivity index (χ2v) is 5.27. The number of carbonyl (C=O) groups is 1. The van der Waals surface area contributed by atoms with Gasteiger partial charge in [-0.3, -0.25) is 10.1 Å². The van der Waals surface area contributed by atoms with E-state index in [4.69, 9.17) is 9.26 Å². The SMILES string of the molecule is CCCOc1ccc(C(=O)Nc2cc(-c3ccccc3)no2)cc1. The van der Waals surface area contributed by atoms with Crippen LogP contribution >= 0.6 is 0 Å². The van der Waals surface area contributed by atoms with Gasteiger partial charge in [0.15, 0.2) is 0 Å². The van der Waals surface area contributed by atoms with Gasteiger partial charge in [-0.2, -0.15) is 0 Å². The molecule has 1 heterocycles. The minimum Gasteiger partial charge on any atom is -0.494 e. The summed E-state index contributed by atoms with van der Waals surface area (Å²) in [5, 5.41) is 6.67. The summed E-state index contributed by atoms with van der Waals surface area (Å²) in [6.07, 6.45) is 0.942. The molecule has 2 aromatic carbocycles. The summed E-state index contributed by atoms with van der Waals surface area (Å²) < 4.78 is 10.7. The molecule has 1 amide bonds. The molecule has 0 radical (unpaired) electrons. The van der Waals surface area contributed by atoms with Gasteiger partial charge < -0.3 is 9.26 Å². The zero-order chi connectivity index (χ0) is 16.8. The van der Waals surface area contributed by atoms with Gasteiger partial charge >= 0.3 is 0 Å². The number of hydrogen-bond donors (Lipinski definition) is 1. The molecule has 0 saturated carbocycles. The molecule has 122 valence electrons. The number of hydrogen-bond acceptors (Lipinski definition) is 4. The van der Waals surface area contributed by atoms with Gasteiger partial charge in [0.25, 0.3) is 5.91 Å². The molecule has 3 rings (SSSR count). The maximum Gasteiger partial charge on any atom is 0.258 e. The molecule has 0 saturated heterocycles. The van der Waals surface area contributed by atoms with Crippen molar-refractivity contribution in [3.05, 3.63) is 66.2 Å². The zero-order valence-electron chi connectivity index (χ0n) is 13.4. The Hall–Kier alpha value is -3.08. The first-order valence-electron chi connectivity index (χ1n) is 7.82. The van der Waals surface area contributed by atoms with Gasteiger partial charge in [0.2, 0.25) is 5.88 Å². The normalized spacial score (nSPS) is 10.4. The van der Waals surface area contributed by atoms with Gasteiger partial charge in [-0.05, 0) is 30.7 Å². The van der Waals surface area contributed by atoms with Crippen molar-refractivity contribution in [2.45, 2.75) is 13.3 Å². The number of carbonyl (C=O) groups excluding carboxylic acids is 1. The van der Waals surface area contributed by atoms with Crippen LogP contribution in [-0.4, -0.2) is 17.7 Å². The lowest BCUT2D eigenvalue weighted by atomic mass is 10.1. The Labute approximate surface area is 140 Å². The standard InChI is InChI=1S/C19H18N2O3/c1-2-12-23-16-10-8-15(9-11-16)19(22)20-18-13-17(21-24-18)14-6-4-3-5-7-14/h3-11,13H,2,12H2,1H3,(H,20,22). The monoisotopic (exact) mass is 322 g/mol. The van der Waals surface area contributed by atoms with Crippen LogP contribution in [-0.2, 0) is 0 Å². The Kier molecular flexibility index (Phi) is 4.91. The highest BCUT2D eigenvalue weighted by Crippen LogP contribution is 2.22. The summed E-state index contributed by atoms with van der Waals surface area (Å²) >= 11 is 0. The molecule has 0 spiro atoms. The summed E-state index contributed by atoms with van der Waals surface area (Å²) in [4.78, 5) is 12.2. The van der Waals surface area contributed by atoms with Crippen molar-refractivity contribution >= 4 is 11.8 Å². The number of aromatic nitrogens is 1. The Morgan fingerprint density at radius 2 is 1.88 bits per heavy atom. The van der Waals surface area contributed by atoms with E-state index in [0.29, 0.717) is 23.7 Å². The average Bonchev–Trinajstić information content (AvgIpc) is 3.09. The number of amides is 1. The van der Waals surface area contributed by atoms with Crippen LogP contribution in [0.2, 0.25) is 0 Å². The Bertz CT molecular complexity index is 795. The number of benzene rings is 2. The van der Waals surface area contributed by atoms with E-state index in [1.54, 1.807) is 30.3 Å². The molecule has 0 fully saturated rings. The van der Waals surface area contributed by atoms with Crippen molar-refractivity contribution in [3.8, 4) is 17.0 Å². The molecule has 0 aliphatic carbocycles. The minimum absolute atomic E-state index is 0.257. The van der Waals surface area contributed by atoms with Crippen LogP contribution in [0.5, 0.6) is 5.75 Å². The van der Waals surface area contributed by atoms with Gasteiger partial charge in [-0.15, -0.1) is 0 Å². The molecular weight excluding hydrogens is 304 g/mol. The van der Waals surface area contributed by atoms with Gasteiger partial charge in [-0.1, -0.05) is 42.4 Å². The molecule has 0 atom stereocenters. The lowest BCUT2D eigenvalue weighted by molar-refractivity contribution is 0.102. The third-order valence-electron chi connectivity index (χ3n) is 3.41. The average molecular weight is 322 g/mol. The summed E-state index contributed by atoms with van der Waals surface area (Å²) in [5.74, 6) is 0.803. The molecule has 24 heavy (non-hydrogen) atoms. The third kappa shape index (κ3) is 3.81. The number of nitrogens with zero attached hydrogens (tertiary/aromatic N) is 1. The van der Waals surface area contributed by atoms with Crippen molar-refractivity contribution in [1.29, 1.82) is 0 Å². The maximum atomic E-state index is 12.2. The van der Waals surface area contributed by atoms with Gasteiger partial charge in [-0.25, -0.2) is 0 Å². The quantitative estimate of drug-likeness (QED) is 0.731. The predicted molar refractivity (Wildman–Crippen MR) is 92.1 cm³/mol. The van der Waals surface area contributed by atoms with E-state index in [-0.39, 0.29) is 5.91 Å². The molecule has 0 bridgehead atoms. The van der Waals surface area contributed by atoms with Crippen LogP contribution < -0.4 is 10.1 Å². The fourth-order valence-corrected chi connectivity index (χ4v) is 2.19. The Morgan fingerprint density at radius 3 is 2.58 bits per heavy atom. The fraction of sp³-hybridized carbons (Fsp3) is 0.158. The fourth-order valence-electron chi connectivity index (χ4n) is 2.19. The summed E-state index contributed by atoms with van der Waals surface area (Å²) in [5.41, 5.74) is 2.13. The molecule has 1 aromatic heterocycles. The molecule has 1 N–H and O–H groups in total. The molecule has 0 aliphatic rings. The van der Waals surface area contributed by atoms with E-state index in [9.17, 15) is 4.79 Å². The van der Waals surface area contributed by atoms with E-state index in [2.05, 4.69) is 10.5 Å². The van der Waals surface area contributed by atoms with Gasteiger partial charge in [0.05, 0.1) is 6.61 Å². The smallest absolute Gasteiger partial charge is 0.258 e. The molecule has 5 heteroatoms. The first kappa shape index (κ1) is 15.8. The van der Waals surface area contributed by atoms with E-state index >= 15 is 0 Å². The van der Waals surface area contributed by atoms with Gasteiger partial charge in [0.1, 0.15) is 11.4 Å². The van der Waals surface area contributed by atoms with E-state index < -0.39 is 0 Å². The molecule has 0 unspecified atom stereocenters. The molecule has 0 aliphatic heterocycles. The van der Waals surface area contributed by atoms with Crippen molar-refractivity contribution in [2.24, 2.45) is 0 Å².